The summed E-state index contributed by atoms with van der Waals surface area (Å²) in [6, 6.07) is 12.7. The summed E-state index contributed by atoms with van der Waals surface area (Å²) in [5.41, 5.74) is 3.53. The molecular weight excluding hydrogens is 293 g/mol. The van der Waals surface area contributed by atoms with E-state index in [-0.39, 0.29) is 6.79 Å². The number of rotatable bonds is 6. The van der Waals surface area contributed by atoms with Crippen LogP contribution in [0.25, 0.3) is 0 Å². The average Bonchev–Trinajstić information content (AvgIpc) is 2.50. The molecule has 0 saturated heterocycles. The number of benzene rings is 2. The van der Waals surface area contributed by atoms with Gasteiger partial charge in [0.15, 0.2) is 6.79 Å². The van der Waals surface area contributed by atoms with Crippen molar-refractivity contribution in [2.45, 2.75) is 13.8 Å². The predicted octanol–water partition coefficient (Wildman–Crippen LogP) is 2.96. The van der Waals surface area contributed by atoms with E-state index in [2.05, 4.69) is 55.2 Å². The molecule has 0 bridgehead atoms. The molecule has 22 heavy (non-hydrogen) atoms. The van der Waals surface area contributed by atoms with Crippen molar-refractivity contribution < 1.29 is 9.47 Å². The molecular formula is C18H22NO2P. The van der Waals surface area contributed by atoms with E-state index in [9.17, 15) is 0 Å². The summed E-state index contributed by atoms with van der Waals surface area (Å²) < 4.78 is 10.8. The molecule has 2 aromatic carbocycles. The summed E-state index contributed by atoms with van der Waals surface area (Å²) in [5, 5.41) is 2.45. The molecule has 0 saturated carbocycles. The maximum absolute atomic E-state index is 5.76. The van der Waals surface area contributed by atoms with Crippen molar-refractivity contribution in [3.63, 3.8) is 0 Å². The van der Waals surface area contributed by atoms with Crippen LogP contribution in [0.15, 0.2) is 41.4 Å². The van der Waals surface area contributed by atoms with E-state index < -0.39 is 0 Å². The molecule has 0 fully saturated rings. The van der Waals surface area contributed by atoms with E-state index in [4.69, 9.17) is 9.47 Å². The molecule has 116 valence electrons. The second-order valence-corrected chi connectivity index (χ2v) is 6.43. The van der Waals surface area contributed by atoms with Gasteiger partial charge in [0, 0.05) is 31.2 Å². The van der Waals surface area contributed by atoms with Crippen LogP contribution in [-0.2, 0) is 4.74 Å². The number of nitrogens with zero attached hydrogens (tertiary/aromatic N) is 1. The first kappa shape index (κ1) is 16.7. The second kappa shape index (κ2) is 8.07. The highest BCUT2D eigenvalue weighted by molar-refractivity contribution is 7.56. The zero-order valence-electron chi connectivity index (χ0n) is 13.5. The van der Waals surface area contributed by atoms with Gasteiger partial charge in [-0.05, 0) is 30.8 Å². The lowest BCUT2D eigenvalue weighted by molar-refractivity contribution is 0.0514. The van der Waals surface area contributed by atoms with Crippen LogP contribution in [0, 0.1) is 13.8 Å². The highest BCUT2D eigenvalue weighted by Crippen LogP contribution is 2.24. The lowest BCUT2D eigenvalue weighted by Crippen LogP contribution is -2.14. The van der Waals surface area contributed by atoms with Crippen LogP contribution >= 0.6 is 8.58 Å². The topological polar surface area (TPSA) is 30.8 Å². The van der Waals surface area contributed by atoms with E-state index in [0.717, 1.165) is 11.3 Å². The summed E-state index contributed by atoms with van der Waals surface area (Å²) in [5.74, 6) is 0.919. The molecule has 1 unspecified atom stereocenters. The molecule has 0 heterocycles. The van der Waals surface area contributed by atoms with Crippen LogP contribution in [-0.4, -0.2) is 27.2 Å². The molecule has 0 radical (unpaired) electrons. The van der Waals surface area contributed by atoms with Gasteiger partial charge in [-0.3, -0.25) is 4.99 Å². The molecule has 0 aliphatic heterocycles. The Labute approximate surface area is 134 Å². The van der Waals surface area contributed by atoms with Gasteiger partial charge in [0.1, 0.15) is 5.75 Å². The molecule has 0 aliphatic carbocycles. The summed E-state index contributed by atoms with van der Waals surface area (Å²) in [6.07, 6.45) is 1.92. The minimum atomic E-state index is 0.263. The molecule has 4 heteroatoms. The van der Waals surface area contributed by atoms with Crippen molar-refractivity contribution in [1.82, 2.24) is 0 Å². The van der Waals surface area contributed by atoms with Crippen LogP contribution in [0.4, 0.5) is 0 Å². The average molecular weight is 315 g/mol. The monoisotopic (exact) mass is 315 g/mol. The van der Waals surface area contributed by atoms with Crippen molar-refractivity contribution >= 4 is 25.4 Å². The number of hydrogen-bond donors (Lipinski definition) is 0. The van der Waals surface area contributed by atoms with Crippen molar-refractivity contribution in [3.05, 3.63) is 53.1 Å². The maximum Gasteiger partial charge on any atom is 0.188 e. The first-order chi connectivity index (χ1) is 10.7. The second-order valence-electron chi connectivity index (χ2n) is 5.11. The minimum absolute atomic E-state index is 0.263. The highest BCUT2D eigenvalue weighted by Gasteiger charge is 2.10. The standard InChI is InChI=1S/C18H22NO2P/c1-13-8-9-16(15(10-13)11-19-3)22-17-7-5-6-14(2)18(17)21-12-20-4/h5-11,22H,12H2,1-4H3/b19-11+. The molecule has 2 aromatic rings. The molecule has 0 amide bonds. The first-order valence-electron chi connectivity index (χ1n) is 7.17. The van der Waals surface area contributed by atoms with Crippen molar-refractivity contribution in [1.29, 1.82) is 0 Å². The fourth-order valence-corrected chi connectivity index (χ4v) is 3.55. The molecule has 2 rings (SSSR count). The lowest BCUT2D eigenvalue weighted by atomic mass is 10.1. The first-order valence-corrected chi connectivity index (χ1v) is 8.17. The zero-order valence-corrected chi connectivity index (χ0v) is 14.5. The highest BCUT2D eigenvalue weighted by atomic mass is 31.1. The summed E-state index contributed by atoms with van der Waals surface area (Å²) in [4.78, 5) is 4.17. The Bertz CT molecular complexity index is 668. The van der Waals surface area contributed by atoms with Gasteiger partial charge in [-0.1, -0.05) is 44.5 Å². The molecule has 0 aromatic heterocycles. The van der Waals surface area contributed by atoms with E-state index in [1.54, 1.807) is 14.2 Å². The molecule has 0 spiro atoms. The van der Waals surface area contributed by atoms with E-state index in [0.29, 0.717) is 8.58 Å². The quantitative estimate of drug-likeness (QED) is 0.466. The molecule has 0 N–H and O–H groups in total. The van der Waals surface area contributed by atoms with Gasteiger partial charge in [-0.15, -0.1) is 0 Å². The van der Waals surface area contributed by atoms with Gasteiger partial charge >= 0.3 is 0 Å². The largest absolute Gasteiger partial charge is 0.467 e. The van der Waals surface area contributed by atoms with Crippen molar-refractivity contribution in [2.24, 2.45) is 4.99 Å². The Balaban J connectivity index is 2.37. The lowest BCUT2D eigenvalue weighted by Gasteiger charge is -2.15. The maximum atomic E-state index is 5.76. The minimum Gasteiger partial charge on any atom is -0.467 e. The summed E-state index contributed by atoms with van der Waals surface area (Å²) in [7, 11) is 3.95. The fraction of sp³-hybridized carbons (Fsp3) is 0.278. The van der Waals surface area contributed by atoms with Gasteiger partial charge in [0.2, 0.25) is 0 Å². The summed E-state index contributed by atoms with van der Waals surface area (Å²) >= 11 is 0. The Kier molecular flexibility index (Phi) is 6.11. The smallest absolute Gasteiger partial charge is 0.188 e. The van der Waals surface area contributed by atoms with Gasteiger partial charge in [0.05, 0.1) is 0 Å². The van der Waals surface area contributed by atoms with Crippen molar-refractivity contribution in [3.8, 4) is 5.75 Å². The van der Waals surface area contributed by atoms with Gasteiger partial charge in [0.25, 0.3) is 0 Å². The van der Waals surface area contributed by atoms with Crippen LogP contribution in [0.1, 0.15) is 16.7 Å². The predicted molar refractivity (Wildman–Crippen MR) is 96.0 cm³/mol. The Hall–Kier alpha value is -1.70. The van der Waals surface area contributed by atoms with Gasteiger partial charge < -0.3 is 9.47 Å². The number of aliphatic imine (C=N–C) groups is 1. The Morgan fingerprint density at radius 1 is 1.14 bits per heavy atom. The van der Waals surface area contributed by atoms with Crippen LogP contribution in [0.5, 0.6) is 5.75 Å². The normalized spacial score (nSPS) is 11.6. The third-order valence-electron chi connectivity index (χ3n) is 3.28. The number of methoxy groups -OCH3 is 1. The fourth-order valence-electron chi connectivity index (χ4n) is 2.25. The number of para-hydroxylation sites is 1. The number of ether oxygens (including phenoxy) is 2. The Morgan fingerprint density at radius 3 is 2.68 bits per heavy atom. The van der Waals surface area contributed by atoms with E-state index >= 15 is 0 Å². The third kappa shape index (κ3) is 4.16. The van der Waals surface area contributed by atoms with Crippen LogP contribution in [0.3, 0.4) is 0 Å². The molecule has 1 atom stereocenters. The van der Waals surface area contributed by atoms with Gasteiger partial charge in [-0.25, -0.2) is 0 Å². The van der Waals surface area contributed by atoms with E-state index in [1.165, 1.54) is 21.7 Å². The third-order valence-corrected chi connectivity index (χ3v) is 4.67. The number of hydrogen-bond acceptors (Lipinski definition) is 3. The SMILES string of the molecule is C/N=C/c1cc(C)ccc1Pc1cccc(C)c1OCOC. The van der Waals surface area contributed by atoms with Crippen LogP contribution < -0.4 is 15.3 Å². The molecule has 3 nitrogen and oxygen atoms in total. The molecule has 0 aliphatic rings. The van der Waals surface area contributed by atoms with E-state index in [1.807, 2.05) is 6.21 Å². The Morgan fingerprint density at radius 2 is 1.95 bits per heavy atom. The van der Waals surface area contributed by atoms with Crippen molar-refractivity contribution in [2.75, 3.05) is 21.0 Å². The zero-order chi connectivity index (χ0) is 15.9. The summed E-state index contributed by atoms with van der Waals surface area (Å²) in [6.45, 7) is 4.42. The van der Waals surface area contributed by atoms with Gasteiger partial charge in [-0.2, -0.15) is 0 Å². The number of aryl methyl sites for hydroxylation is 2. The van der Waals surface area contributed by atoms with Crippen LogP contribution in [0.2, 0.25) is 0 Å².